The van der Waals surface area contributed by atoms with E-state index in [1.54, 1.807) is 6.92 Å². The van der Waals surface area contributed by atoms with Crippen molar-refractivity contribution in [2.75, 3.05) is 7.11 Å². The molecule has 0 saturated heterocycles. The van der Waals surface area contributed by atoms with E-state index in [1.165, 1.54) is 14.0 Å². The molecule has 1 atom stereocenters. The number of carbonyl (C=O) groups excluding carboxylic acids is 1. The molecule has 0 rings (SSSR count). The van der Waals surface area contributed by atoms with Crippen LogP contribution in [0.15, 0.2) is 12.2 Å². The monoisotopic (exact) mass is 200 g/mol. The molecule has 1 unspecified atom stereocenters. The summed E-state index contributed by atoms with van der Waals surface area (Å²) in [6.45, 7) is 6.81. The molecule has 0 saturated carbocycles. The first kappa shape index (κ1) is 12.7. The summed E-state index contributed by atoms with van der Waals surface area (Å²) in [6.07, 6.45) is 0.711. The molecule has 4 nitrogen and oxygen atoms in total. The van der Waals surface area contributed by atoms with Crippen LogP contribution >= 0.6 is 0 Å². The van der Waals surface area contributed by atoms with Gasteiger partial charge >= 0.3 is 11.9 Å². The molecule has 0 aliphatic heterocycles. The van der Waals surface area contributed by atoms with Crippen molar-refractivity contribution in [1.29, 1.82) is 0 Å². The second kappa shape index (κ2) is 4.79. The molecule has 4 heteroatoms. The molecule has 0 aliphatic rings. The zero-order valence-electron chi connectivity index (χ0n) is 8.79. The van der Waals surface area contributed by atoms with Gasteiger partial charge in [-0.25, -0.2) is 0 Å². The number of methoxy groups -OCH3 is 1. The fourth-order valence-corrected chi connectivity index (χ4v) is 0.985. The lowest BCUT2D eigenvalue weighted by atomic mass is 9.84. The van der Waals surface area contributed by atoms with Gasteiger partial charge in [-0.05, 0) is 26.7 Å². The summed E-state index contributed by atoms with van der Waals surface area (Å²) >= 11 is 0. The quantitative estimate of drug-likeness (QED) is 0.416. The number of carboxylic acid groups (broad SMARTS) is 1. The lowest BCUT2D eigenvalue weighted by Crippen LogP contribution is -2.37. The molecular weight excluding hydrogens is 184 g/mol. The molecule has 0 amide bonds. The normalized spacial score (nSPS) is 14.2. The highest BCUT2D eigenvalue weighted by atomic mass is 16.5. The Balaban J connectivity index is 4.64. The maximum Gasteiger partial charge on any atom is 0.322 e. The summed E-state index contributed by atoms with van der Waals surface area (Å²) in [5.41, 5.74) is -0.616. The topological polar surface area (TPSA) is 63.6 Å². The van der Waals surface area contributed by atoms with Gasteiger partial charge in [0.1, 0.15) is 0 Å². The smallest absolute Gasteiger partial charge is 0.322 e. The number of hydrogen-bond donors (Lipinski definition) is 1. The van der Waals surface area contributed by atoms with Crippen molar-refractivity contribution >= 4 is 11.9 Å². The summed E-state index contributed by atoms with van der Waals surface area (Å²) in [7, 11) is 1.18. The second-order valence-corrected chi connectivity index (χ2v) is 3.59. The fraction of sp³-hybridized carbons (Fsp3) is 0.600. The largest absolute Gasteiger partial charge is 0.480 e. The van der Waals surface area contributed by atoms with Gasteiger partial charge in [0.25, 0.3) is 0 Å². The minimum absolute atomic E-state index is 0.213. The molecule has 0 fully saturated rings. The van der Waals surface area contributed by atoms with E-state index in [0.29, 0.717) is 6.42 Å². The van der Waals surface area contributed by atoms with Gasteiger partial charge in [-0.2, -0.15) is 0 Å². The number of carbonyl (C=O) groups is 2. The SMILES string of the molecule is C=C(C)CCC(C)(C(=O)O)C(=O)OC. The van der Waals surface area contributed by atoms with E-state index in [4.69, 9.17) is 5.11 Å². The number of hydrogen-bond acceptors (Lipinski definition) is 3. The molecule has 1 N–H and O–H groups in total. The third-order valence-corrected chi connectivity index (χ3v) is 2.16. The summed E-state index contributed by atoms with van der Waals surface area (Å²) in [5.74, 6) is -1.88. The molecule has 0 radical (unpaired) electrons. The second-order valence-electron chi connectivity index (χ2n) is 3.59. The van der Waals surface area contributed by atoms with Crippen LogP contribution in [-0.2, 0) is 14.3 Å². The number of carboxylic acids is 1. The van der Waals surface area contributed by atoms with Gasteiger partial charge in [-0.15, -0.1) is 6.58 Å². The number of rotatable bonds is 5. The molecule has 14 heavy (non-hydrogen) atoms. The van der Waals surface area contributed by atoms with Gasteiger partial charge < -0.3 is 9.84 Å². The molecule has 0 aromatic carbocycles. The number of ether oxygens (including phenoxy) is 1. The lowest BCUT2D eigenvalue weighted by Gasteiger charge is -2.21. The Kier molecular flexibility index (Phi) is 4.34. The van der Waals surface area contributed by atoms with Crippen molar-refractivity contribution < 1.29 is 19.4 Å². The van der Waals surface area contributed by atoms with Crippen LogP contribution in [0.5, 0.6) is 0 Å². The maximum absolute atomic E-state index is 11.3. The highest BCUT2D eigenvalue weighted by molar-refractivity contribution is 5.98. The Morgan fingerprint density at radius 2 is 2.00 bits per heavy atom. The summed E-state index contributed by atoms with van der Waals surface area (Å²) in [5, 5.41) is 8.92. The fourth-order valence-electron chi connectivity index (χ4n) is 0.985. The highest BCUT2D eigenvalue weighted by Crippen LogP contribution is 2.26. The first-order chi connectivity index (χ1) is 6.34. The summed E-state index contributed by atoms with van der Waals surface area (Å²) in [6, 6.07) is 0. The Morgan fingerprint density at radius 3 is 2.29 bits per heavy atom. The lowest BCUT2D eigenvalue weighted by molar-refractivity contribution is -0.166. The third-order valence-electron chi connectivity index (χ3n) is 2.16. The molecule has 0 spiro atoms. The van der Waals surface area contributed by atoms with Crippen LogP contribution in [0.3, 0.4) is 0 Å². The molecule has 80 valence electrons. The molecular formula is C10H16O4. The number of allylic oxidation sites excluding steroid dienone is 1. The minimum atomic E-state index is -1.46. The van der Waals surface area contributed by atoms with E-state index in [9.17, 15) is 9.59 Å². The molecule has 0 heterocycles. The number of esters is 1. The van der Waals surface area contributed by atoms with E-state index in [2.05, 4.69) is 11.3 Å². The van der Waals surface area contributed by atoms with Crippen LogP contribution in [-0.4, -0.2) is 24.2 Å². The van der Waals surface area contributed by atoms with E-state index in [-0.39, 0.29) is 6.42 Å². The van der Waals surface area contributed by atoms with E-state index < -0.39 is 17.4 Å². The Bertz CT molecular complexity index is 257. The van der Waals surface area contributed by atoms with Crippen LogP contribution in [0.2, 0.25) is 0 Å². The predicted molar refractivity (Wildman–Crippen MR) is 51.8 cm³/mol. The van der Waals surface area contributed by atoms with Crippen molar-refractivity contribution in [3.63, 3.8) is 0 Å². The van der Waals surface area contributed by atoms with Crippen molar-refractivity contribution in [3.8, 4) is 0 Å². The zero-order chi connectivity index (χ0) is 11.4. The zero-order valence-corrected chi connectivity index (χ0v) is 8.79. The molecule has 0 aromatic rings. The van der Waals surface area contributed by atoms with Crippen LogP contribution in [0.1, 0.15) is 26.7 Å². The Hall–Kier alpha value is -1.32. The van der Waals surface area contributed by atoms with Gasteiger partial charge in [0.15, 0.2) is 5.41 Å². The Morgan fingerprint density at radius 1 is 1.50 bits per heavy atom. The van der Waals surface area contributed by atoms with E-state index in [1.807, 2.05) is 0 Å². The highest BCUT2D eigenvalue weighted by Gasteiger charge is 2.41. The van der Waals surface area contributed by atoms with Crippen LogP contribution in [0, 0.1) is 5.41 Å². The van der Waals surface area contributed by atoms with Crippen molar-refractivity contribution in [1.82, 2.24) is 0 Å². The predicted octanol–water partition coefficient (Wildman–Crippen LogP) is 1.61. The number of aliphatic carboxylic acids is 1. The van der Waals surface area contributed by atoms with Gasteiger partial charge in [-0.3, -0.25) is 9.59 Å². The van der Waals surface area contributed by atoms with Crippen LogP contribution in [0.4, 0.5) is 0 Å². The van der Waals surface area contributed by atoms with Crippen LogP contribution in [0.25, 0.3) is 0 Å². The van der Waals surface area contributed by atoms with E-state index >= 15 is 0 Å². The maximum atomic E-state index is 11.3. The minimum Gasteiger partial charge on any atom is -0.480 e. The summed E-state index contributed by atoms with van der Waals surface area (Å²) in [4.78, 5) is 22.2. The van der Waals surface area contributed by atoms with Crippen LogP contribution < -0.4 is 0 Å². The molecule has 0 aromatic heterocycles. The summed E-state index contributed by atoms with van der Waals surface area (Å²) < 4.78 is 4.46. The van der Waals surface area contributed by atoms with Crippen molar-refractivity contribution in [2.24, 2.45) is 5.41 Å². The average molecular weight is 200 g/mol. The van der Waals surface area contributed by atoms with Gasteiger partial charge in [0.05, 0.1) is 7.11 Å². The molecule has 0 aliphatic carbocycles. The average Bonchev–Trinajstić information content (AvgIpc) is 2.12. The standard InChI is InChI=1S/C10H16O4/c1-7(2)5-6-10(3,8(11)12)9(13)14-4/h1,5-6H2,2-4H3,(H,11,12). The first-order valence-corrected chi connectivity index (χ1v) is 4.30. The van der Waals surface area contributed by atoms with Crippen molar-refractivity contribution in [2.45, 2.75) is 26.7 Å². The van der Waals surface area contributed by atoms with E-state index in [0.717, 1.165) is 5.57 Å². The van der Waals surface area contributed by atoms with Gasteiger partial charge in [0, 0.05) is 0 Å². The Labute approximate surface area is 83.6 Å². The first-order valence-electron chi connectivity index (χ1n) is 4.30. The van der Waals surface area contributed by atoms with Gasteiger partial charge in [0.2, 0.25) is 0 Å². The van der Waals surface area contributed by atoms with Gasteiger partial charge in [-0.1, -0.05) is 5.57 Å². The van der Waals surface area contributed by atoms with Crippen molar-refractivity contribution in [3.05, 3.63) is 12.2 Å². The third kappa shape index (κ3) is 2.87. The molecule has 0 bridgehead atoms.